The molecule has 1 atom stereocenters. The molecule has 0 aliphatic heterocycles. The number of fused-ring (bicyclic) bond motifs is 1. The Morgan fingerprint density at radius 1 is 1.13 bits per heavy atom. The molecule has 1 heterocycles. The molecule has 0 radical (unpaired) electrons. The highest BCUT2D eigenvalue weighted by Gasteiger charge is 2.22. The number of hydrogen-bond acceptors (Lipinski definition) is 4. The predicted molar refractivity (Wildman–Crippen MR) is 122 cm³/mol. The standard InChI is InChI=1S/C24H30N4O2/c1-6-28(15-21-26-20-10-8-7-9-19(20)23(30)27-21)16(2)22(29)25-18-13-11-17(12-14-18)24(3,4)5/h7-14,16H,6,15H2,1-5H3,(H,25,29)(H,26,27,30). The number of amides is 1. The van der Waals surface area contributed by atoms with Crippen molar-refractivity contribution in [3.63, 3.8) is 0 Å². The topological polar surface area (TPSA) is 78.1 Å². The van der Waals surface area contributed by atoms with Gasteiger partial charge in [-0.2, -0.15) is 0 Å². The molecule has 1 amide bonds. The number of benzene rings is 2. The summed E-state index contributed by atoms with van der Waals surface area (Å²) in [6.07, 6.45) is 0. The second kappa shape index (κ2) is 8.79. The van der Waals surface area contributed by atoms with Crippen LogP contribution >= 0.6 is 0 Å². The smallest absolute Gasteiger partial charge is 0.258 e. The van der Waals surface area contributed by atoms with Crippen molar-refractivity contribution in [2.75, 3.05) is 11.9 Å². The zero-order valence-electron chi connectivity index (χ0n) is 18.3. The first-order chi connectivity index (χ1) is 14.2. The summed E-state index contributed by atoms with van der Waals surface area (Å²) in [7, 11) is 0. The molecule has 0 fully saturated rings. The number of nitrogens with one attached hydrogen (secondary N) is 2. The molecule has 0 spiro atoms. The Hall–Kier alpha value is -2.99. The van der Waals surface area contributed by atoms with Crippen LogP contribution in [-0.4, -0.2) is 33.4 Å². The first-order valence-electron chi connectivity index (χ1n) is 10.3. The average Bonchev–Trinajstić information content (AvgIpc) is 2.71. The number of para-hydroxylation sites is 1. The Bertz CT molecular complexity index is 1080. The van der Waals surface area contributed by atoms with E-state index in [4.69, 9.17) is 0 Å². The fourth-order valence-electron chi connectivity index (χ4n) is 3.39. The highest BCUT2D eigenvalue weighted by atomic mass is 16.2. The van der Waals surface area contributed by atoms with Crippen LogP contribution in [0, 0.1) is 0 Å². The van der Waals surface area contributed by atoms with E-state index in [-0.39, 0.29) is 22.9 Å². The quantitative estimate of drug-likeness (QED) is 0.647. The third-order valence-corrected chi connectivity index (χ3v) is 5.37. The van der Waals surface area contributed by atoms with Crippen molar-refractivity contribution in [3.8, 4) is 0 Å². The number of aromatic nitrogens is 2. The third kappa shape index (κ3) is 4.94. The lowest BCUT2D eigenvalue weighted by atomic mass is 9.87. The van der Waals surface area contributed by atoms with Gasteiger partial charge in [-0.15, -0.1) is 0 Å². The van der Waals surface area contributed by atoms with Crippen LogP contribution in [0.2, 0.25) is 0 Å². The molecule has 3 rings (SSSR count). The largest absolute Gasteiger partial charge is 0.325 e. The van der Waals surface area contributed by atoms with Crippen molar-refractivity contribution in [2.45, 2.75) is 52.6 Å². The van der Waals surface area contributed by atoms with E-state index in [1.54, 1.807) is 6.07 Å². The van der Waals surface area contributed by atoms with E-state index in [2.05, 4.69) is 36.1 Å². The van der Waals surface area contributed by atoms with Gasteiger partial charge in [-0.1, -0.05) is 52.0 Å². The molecule has 2 aromatic carbocycles. The Labute approximate surface area is 177 Å². The molecule has 0 bridgehead atoms. The average molecular weight is 407 g/mol. The molecule has 2 N–H and O–H groups in total. The highest BCUT2D eigenvalue weighted by molar-refractivity contribution is 5.94. The van der Waals surface area contributed by atoms with Crippen LogP contribution in [0.25, 0.3) is 10.9 Å². The summed E-state index contributed by atoms with van der Waals surface area (Å²) in [5.74, 6) is 0.457. The van der Waals surface area contributed by atoms with Crippen LogP contribution < -0.4 is 10.9 Å². The van der Waals surface area contributed by atoms with E-state index in [1.807, 2.05) is 61.2 Å². The van der Waals surface area contributed by atoms with Crippen LogP contribution in [0.1, 0.15) is 46.0 Å². The number of H-pyrrole nitrogens is 1. The molecule has 3 aromatic rings. The molecule has 158 valence electrons. The number of carbonyl (C=O) groups is 1. The summed E-state index contributed by atoms with van der Waals surface area (Å²) in [4.78, 5) is 34.5. The lowest BCUT2D eigenvalue weighted by Gasteiger charge is -2.26. The number of rotatable bonds is 6. The van der Waals surface area contributed by atoms with Gasteiger partial charge in [-0.05, 0) is 48.7 Å². The van der Waals surface area contributed by atoms with Crippen LogP contribution in [0.5, 0.6) is 0 Å². The van der Waals surface area contributed by atoms with E-state index < -0.39 is 0 Å². The van der Waals surface area contributed by atoms with Crippen LogP contribution in [0.15, 0.2) is 53.3 Å². The molecule has 0 saturated heterocycles. The van der Waals surface area contributed by atoms with Crippen LogP contribution in [-0.2, 0) is 16.8 Å². The monoisotopic (exact) mass is 406 g/mol. The zero-order chi connectivity index (χ0) is 21.9. The second-order valence-corrected chi connectivity index (χ2v) is 8.59. The van der Waals surface area contributed by atoms with E-state index in [0.29, 0.717) is 29.8 Å². The molecule has 1 unspecified atom stereocenters. The van der Waals surface area contributed by atoms with Crippen molar-refractivity contribution in [2.24, 2.45) is 0 Å². The zero-order valence-corrected chi connectivity index (χ0v) is 18.3. The first-order valence-corrected chi connectivity index (χ1v) is 10.3. The number of nitrogens with zero attached hydrogens (tertiary/aromatic N) is 2. The minimum atomic E-state index is -0.380. The van der Waals surface area contributed by atoms with Gasteiger partial charge in [0.25, 0.3) is 5.56 Å². The van der Waals surface area contributed by atoms with Gasteiger partial charge in [0.2, 0.25) is 5.91 Å². The molecule has 0 aliphatic rings. The molecule has 0 saturated carbocycles. The lowest BCUT2D eigenvalue weighted by Crippen LogP contribution is -2.42. The number of aromatic amines is 1. The SMILES string of the molecule is CCN(Cc1nc2ccccc2c(=O)[nH]1)C(C)C(=O)Nc1ccc(C(C)(C)C)cc1. The number of hydrogen-bond donors (Lipinski definition) is 2. The summed E-state index contributed by atoms with van der Waals surface area (Å²) in [6.45, 7) is 11.4. The van der Waals surface area contributed by atoms with Crippen LogP contribution in [0.4, 0.5) is 5.69 Å². The van der Waals surface area contributed by atoms with Gasteiger partial charge in [-0.3, -0.25) is 14.5 Å². The highest BCUT2D eigenvalue weighted by Crippen LogP contribution is 2.23. The van der Waals surface area contributed by atoms with E-state index in [0.717, 1.165) is 5.69 Å². The third-order valence-electron chi connectivity index (χ3n) is 5.37. The fourth-order valence-corrected chi connectivity index (χ4v) is 3.39. The van der Waals surface area contributed by atoms with Crippen molar-refractivity contribution in [3.05, 3.63) is 70.3 Å². The maximum absolute atomic E-state index is 12.8. The normalized spacial score (nSPS) is 12.9. The van der Waals surface area contributed by atoms with Gasteiger partial charge in [0, 0.05) is 5.69 Å². The van der Waals surface area contributed by atoms with Gasteiger partial charge in [0.05, 0.1) is 23.5 Å². The Morgan fingerprint density at radius 2 is 1.80 bits per heavy atom. The minimum absolute atomic E-state index is 0.0681. The van der Waals surface area contributed by atoms with Crippen molar-refractivity contribution in [1.29, 1.82) is 0 Å². The minimum Gasteiger partial charge on any atom is -0.325 e. The van der Waals surface area contributed by atoms with Crippen molar-refractivity contribution in [1.82, 2.24) is 14.9 Å². The summed E-state index contributed by atoms with van der Waals surface area (Å²) in [6, 6.07) is 14.8. The molecule has 6 nitrogen and oxygen atoms in total. The lowest BCUT2D eigenvalue weighted by molar-refractivity contribution is -0.120. The molecular weight excluding hydrogens is 376 g/mol. The van der Waals surface area contributed by atoms with E-state index in [9.17, 15) is 9.59 Å². The predicted octanol–water partition coefficient (Wildman–Crippen LogP) is 4.07. The Balaban J connectivity index is 1.72. The van der Waals surface area contributed by atoms with Gasteiger partial charge in [0.15, 0.2) is 0 Å². The van der Waals surface area contributed by atoms with Gasteiger partial charge in [-0.25, -0.2) is 4.98 Å². The molecular formula is C24H30N4O2. The number of carbonyl (C=O) groups excluding carboxylic acids is 1. The molecule has 30 heavy (non-hydrogen) atoms. The Kier molecular flexibility index (Phi) is 6.37. The van der Waals surface area contributed by atoms with E-state index >= 15 is 0 Å². The van der Waals surface area contributed by atoms with E-state index in [1.165, 1.54) is 5.56 Å². The maximum Gasteiger partial charge on any atom is 0.258 e. The van der Waals surface area contributed by atoms with Gasteiger partial charge < -0.3 is 10.3 Å². The molecule has 0 aliphatic carbocycles. The van der Waals surface area contributed by atoms with Crippen LogP contribution in [0.3, 0.4) is 0 Å². The number of likely N-dealkylation sites (N-methyl/N-ethyl adjacent to an activating group) is 1. The summed E-state index contributed by atoms with van der Waals surface area (Å²) in [5.41, 5.74) is 2.55. The summed E-state index contributed by atoms with van der Waals surface area (Å²) < 4.78 is 0. The van der Waals surface area contributed by atoms with Gasteiger partial charge >= 0.3 is 0 Å². The molecule has 6 heteroatoms. The van der Waals surface area contributed by atoms with Gasteiger partial charge in [0.1, 0.15) is 5.82 Å². The Morgan fingerprint density at radius 3 is 2.43 bits per heavy atom. The van der Waals surface area contributed by atoms with Crippen molar-refractivity contribution >= 4 is 22.5 Å². The summed E-state index contributed by atoms with van der Waals surface area (Å²) >= 11 is 0. The maximum atomic E-state index is 12.8. The number of anilines is 1. The first kappa shape index (κ1) is 21.7. The fraction of sp³-hybridized carbons (Fsp3) is 0.375. The van der Waals surface area contributed by atoms with Crippen molar-refractivity contribution < 1.29 is 4.79 Å². The second-order valence-electron chi connectivity index (χ2n) is 8.59. The summed E-state index contributed by atoms with van der Waals surface area (Å²) in [5, 5.41) is 3.55. The molecule has 1 aromatic heterocycles.